The van der Waals surface area contributed by atoms with Crippen molar-refractivity contribution in [2.24, 2.45) is 5.92 Å². The van der Waals surface area contributed by atoms with E-state index in [2.05, 4.69) is 10.6 Å². The second kappa shape index (κ2) is 12.2. The summed E-state index contributed by atoms with van der Waals surface area (Å²) in [6.45, 7) is 2.85. The second-order valence-corrected chi connectivity index (χ2v) is 12.4. The molecule has 9 nitrogen and oxygen atoms in total. The molecule has 2 fully saturated rings. The number of para-hydroxylation sites is 1. The molecule has 0 radical (unpaired) electrons. The van der Waals surface area contributed by atoms with Gasteiger partial charge in [0.15, 0.2) is 0 Å². The molecule has 5 rings (SSSR count). The minimum atomic E-state index is -3.60. The van der Waals surface area contributed by atoms with Crippen LogP contribution in [0.15, 0.2) is 83.8 Å². The van der Waals surface area contributed by atoms with E-state index >= 15 is 0 Å². The van der Waals surface area contributed by atoms with Gasteiger partial charge >= 0.3 is 0 Å². The Kier molecular flexibility index (Phi) is 8.51. The molecule has 2 aliphatic heterocycles. The molecule has 10 heteroatoms. The Morgan fingerprint density at radius 1 is 0.878 bits per heavy atom. The number of hydrogen-bond acceptors (Lipinski definition) is 5. The first-order valence-corrected chi connectivity index (χ1v) is 15.4. The molecular formula is C31H34N4O5S. The largest absolute Gasteiger partial charge is 0.326 e. The molecule has 0 aromatic heterocycles. The van der Waals surface area contributed by atoms with Crippen LogP contribution in [0.1, 0.15) is 49.4 Å². The molecular weight excluding hydrogens is 540 g/mol. The summed E-state index contributed by atoms with van der Waals surface area (Å²) in [5.74, 6) is -1.18. The Hall–Kier alpha value is -4.02. The minimum Gasteiger partial charge on any atom is -0.326 e. The molecule has 2 N–H and O–H groups in total. The second-order valence-electron chi connectivity index (χ2n) is 10.5. The van der Waals surface area contributed by atoms with E-state index in [1.54, 1.807) is 45.6 Å². The van der Waals surface area contributed by atoms with Crippen molar-refractivity contribution >= 4 is 44.8 Å². The SMILES string of the molecule is CCC1CCCCN1S(=O)(=O)c1ccc(NC(=O)c2ccc(NC(=O)C3CC(=O)N(c4ccccc4)C3)cc2)cc1. The van der Waals surface area contributed by atoms with Gasteiger partial charge in [-0.2, -0.15) is 4.31 Å². The third-order valence-electron chi connectivity index (χ3n) is 7.74. The van der Waals surface area contributed by atoms with Crippen LogP contribution < -0.4 is 15.5 Å². The van der Waals surface area contributed by atoms with Gasteiger partial charge in [0.05, 0.1) is 10.8 Å². The first-order valence-electron chi connectivity index (χ1n) is 14.0. The average molecular weight is 575 g/mol. The van der Waals surface area contributed by atoms with Crippen molar-refractivity contribution < 1.29 is 22.8 Å². The number of sulfonamides is 1. The molecule has 41 heavy (non-hydrogen) atoms. The van der Waals surface area contributed by atoms with Gasteiger partial charge in [-0.1, -0.05) is 31.5 Å². The van der Waals surface area contributed by atoms with Crippen molar-refractivity contribution in [3.8, 4) is 0 Å². The Morgan fingerprint density at radius 2 is 1.54 bits per heavy atom. The van der Waals surface area contributed by atoms with Gasteiger partial charge in [-0.05, 0) is 79.9 Å². The predicted octanol–water partition coefficient (Wildman–Crippen LogP) is 4.88. The molecule has 2 saturated heterocycles. The van der Waals surface area contributed by atoms with Crippen LogP contribution >= 0.6 is 0 Å². The number of nitrogens with one attached hydrogen (secondary N) is 2. The minimum absolute atomic E-state index is 0.0190. The number of carbonyl (C=O) groups excluding carboxylic acids is 3. The van der Waals surface area contributed by atoms with Crippen LogP contribution in [0.4, 0.5) is 17.1 Å². The number of rotatable bonds is 8. The standard InChI is InChI=1S/C31H34N4O5S/c1-2-26-8-6-7-19-35(26)41(39,40)28-17-15-25(16-18-28)32-30(37)22-11-13-24(14-12-22)33-31(38)23-20-29(36)34(21-23)27-9-4-3-5-10-27/h3-5,9-18,23,26H,2,6-8,19-21H2,1H3,(H,32,37)(H,33,38). The first-order chi connectivity index (χ1) is 19.8. The Bertz CT molecular complexity index is 1510. The van der Waals surface area contributed by atoms with Crippen molar-refractivity contribution in [3.05, 3.63) is 84.4 Å². The van der Waals surface area contributed by atoms with Crippen LogP contribution in [-0.4, -0.2) is 49.6 Å². The normalized spacial score (nSPS) is 19.6. The van der Waals surface area contributed by atoms with Gasteiger partial charge in [0.25, 0.3) is 5.91 Å². The van der Waals surface area contributed by atoms with Crippen LogP contribution in [0.5, 0.6) is 0 Å². The van der Waals surface area contributed by atoms with Gasteiger partial charge in [-0.25, -0.2) is 8.42 Å². The molecule has 2 aliphatic rings. The zero-order valence-corrected chi connectivity index (χ0v) is 23.8. The van der Waals surface area contributed by atoms with Crippen LogP contribution in [0, 0.1) is 5.92 Å². The van der Waals surface area contributed by atoms with Gasteiger partial charge in [0.1, 0.15) is 0 Å². The Balaban J connectivity index is 1.17. The zero-order chi connectivity index (χ0) is 29.0. The van der Waals surface area contributed by atoms with Crippen molar-refractivity contribution in [1.82, 2.24) is 4.31 Å². The van der Waals surface area contributed by atoms with Gasteiger partial charge in [0, 0.05) is 48.2 Å². The Labute approximate surface area is 240 Å². The number of nitrogens with zero attached hydrogens (tertiary/aromatic N) is 2. The Morgan fingerprint density at radius 3 is 2.22 bits per heavy atom. The third-order valence-corrected chi connectivity index (χ3v) is 9.71. The summed E-state index contributed by atoms with van der Waals surface area (Å²) in [6, 6.07) is 22.0. The average Bonchev–Trinajstić information content (AvgIpc) is 3.40. The lowest BCUT2D eigenvalue weighted by atomic mass is 10.0. The molecule has 3 amide bonds. The van der Waals surface area contributed by atoms with E-state index in [1.807, 2.05) is 37.3 Å². The number of benzene rings is 3. The highest BCUT2D eigenvalue weighted by molar-refractivity contribution is 7.89. The lowest BCUT2D eigenvalue weighted by Crippen LogP contribution is -2.43. The lowest BCUT2D eigenvalue weighted by Gasteiger charge is -2.34. The number of amides is 3. The molecule has 0 aliphatic carbocycles. The zero-order valence-electron chi connectivity index (χ0n) is 23.0. The summed E-state index contributed by atoms with van der Waals surface area (Å²) < 4.78 is 28.0. The highest BCUT2D eigenvalue weighted by Gasteiger charge is 2.35. The van der Waals surface area contributed by atoms with Gasteiger partial charge < -0.3 is 15.5 Å². The fourth-order valence-corrected chi connectivity index (χ4v) is 7.20. The predicted molar refractivity (Wildman–Crippen MR) is 158 cm³/mol. The molecule has 2 atom stereocenters. The summed E-state index contributed by atoms with van der Waals surface area (Å²) in [5, 5.41) is 5.63. The van der Waals surface area contributed by atoms with Crippen molar-refractivity contribution in [3.63, 3.8) is 0 Å². The van der Waals surface area contributed by atoms with E-state index in [0.29, 0.717) is 30.0 Å². The number of hydrogen-bond donors (Lipinski definition) is 2. The third kappa shape index (κ3) is 6.34. The van der Waals surface area contributed by atoms with Gasteiger partial charge in [0.2, 0.25) is 21.8 Å². The molecule has 0 bridgehead atoms. The van der Waals surface area contributed by atoms with Crippen molar-refractivity contribution in [2.75, 3.05) is 28.6 Å². The quantitative estimate of drug-likeness (QED) is 0.398. The number of anilines is 3. The molecule has 214 valence electrons. The monoisotopic (exact) mass is 574 g/mol. The van der Waals surface area contributed by atoms with Crippen molar-refractivity contribution in [2.45, 2.75) is 50.0 Å². The lowest BCUT2D eigenvalue weighted by molar-refractivity contribution is -0.122. The fourth-order valence-electron chi connectivity index (χ4n) is 5.44. The van der Waals surface area contributed by atoms with E-state index in [4.69, 9.17) is 0 Å². The summed E-state index contributed by atoms with van der Waals surface area (Å²) in [6.07, 6.45) is 3.69. The van der Waals surface area contributed by atoms with E-state index in [9.17, 15) is 22.8 Å². The van der Waals surface area contributed by atoms with Gasteiger partial charge in [-0.3, -0.25) is 14.4 Å². The van der Waals surface area contributed by atoms with Gasteiger partial charge in [-0.15, -0.1) is 0 Å². The first kappa shape index (κ1) is 28.5. The molecule has 0 spiro atoms. The van der Waals surface area contributed by atoms with E-state index in [1.165, 1.54) is 12.1 Å². The van der Waals surface area contributed by atoms with Crippen LogP contribution in [0.25, 0.3) is 0 Å². The maximum Gasteiger partial charge on any atom is 0.255 e. The van der Waals surface area contributed by atoms with E-state index in [-0.39, 0.29) is 35.1 Å². The molecule has 2 unspecified atom stereocenters. The maximum atomic E-state index is 13.2. The number of carbonyl (C=O) groups is 3. The van der Waals surface area contributed by atoms with Crippen LogP contribution in [-0.2, 0) is 19.6 Å². The highest BCUT2D eigenvalue weighted by Crippen LogP contribution is 2.28. The molecule has 2 heterocycles. The summed E-state index contributed by atoms with van der Waals surface area (Å²) in [7, 11) is -3.60. The maximum absolute atomic E-state index is 13.2. The van der Waals surface area contributed by atoms with Crippen LogP contribution in [0.3, 0.4) is 0 Å². The summed E-state index contributed by atoms with van der Waals surface area (Å²) in [5.41, 5.74) is 2.15. The molecule has 0 saturated carbocycles. The van der Waals surface area contributed by atoms with E-state index in [0.717, 1.165) is 31.4 Å². The van der Waals surface area contributed by atoms with Crippen molar-refractivity contribution in [1.29, 1.82) is 0 Å². The smallest absolute Gasteiger partial charge is 0.255 e. The number of piperidine rings is 1. The molecule has 3 aromatic carbocycles. The van der Waals surface area contributed by atoms with E-state index < -0.39 is 15.9 Å². The highest BCUT2D eigenvalue weighted by atomic mass is 32.2. The van der Waals surface area contributed by atoms with Crippen LogP contribution in [0.2, 0.25) is 0 Å². The molecule has 3 aromatic rings. The summed E-state index contributed by atoms with van der Waals surface area (Å²) in [4.78, 5) is 39.9. The topological polar surface area (TPSA) is 116 Å². The summed E-state index contributed by atoms with van der Waals surface area (Å²) >= 11 is 0. The fraction of sp³-hybridized carbons (Fsp3) is 0.323.